The molecule has 0 unspecified atom stereocenters. The zero-order valence-electron chi connectivity index (χ0n) is 13.1. The Labute approximate surface area is 136 Å². The number of pyridine rings is 1. The summed E-state index contributed by atoms with van der Waals surface area (Å²) in [6, 6.07) is 13.9. The number of nitrogens with zero attached hydrogens (tertiary/aromatic N) is 1. The summed E-state index contributed by atoms with van der Waals surface area (Å²) in [6.45, 7) is 2.10. The summed E-state index contributed by atoms with van der Waals surface area (Å²) in [5.41, 5.74) is 3.38. The van der Waals surface area contributed by atoms with E-state index in [4.69, 9.17) is 0 Å². The molecule has 0 saturated carbocycles. The molecule has 1 aromatic carbocycles. The van der Waals surface area contributed by atoms with Gasteiger partial charge in [0.15, 0.2) is 0 Å². The zero-order chi connectivity index (χ0) is 15.9. The molecule has 3 N–H and O–H groups in total. The maximum absolute atomic E-state index is 11.8. The second-order valence-electron chi connectivity index (χ2n) is 5.69. The largest absolute Gasteiger partial charge is 0.370 e. The lowest BCUT2D eigenvalue weighted by molar-refractivity contribution is 0.240. The van der Waals surface area contributed by atoms with Crippen LogP contribution >= 0.6 is 0 Å². The van der Waals surface area contributed by atoms with Crippen LogP contribution in [0.5, 0.6) is 0 Å². The number of carbonyl (C=O) groups is 1. The molecule has 2 aromatic rings. The maximum atomic E-state index is 11.8. The third kappa shape index (κ3) is 4.45. The Kier molecular flexibility index (Phi) is 5.09. The fourth-order valence-electron chi connectivity index (χ4n) is 2.65. The minimum atomic E-state index is -0.148. The van der Waals surface area contributed by atoms with Crippen LogP contribution in [0.15, 0.2) is 42.5 Å². The Balaban J connectivity index is 1.41. The number of hydrogen-bond acceptors (Lipinski definition) is 3. The van der Waals surface area contributed by atoms with E-state index >= 15 is 0 Å². The van der Waals surface area contributed by atoms with Crippen LogP contribution in [-0.4, -0.2) is 24.1 Å². The molecule has 2 heterocycles. The second-order valence-corrected chi connectivity index (χ2v) is 5.69. The first kappa shape index (κ1) is 15.3. The minimum absolute atomic E-state index is 0.148. The first-order valence-corrected chi connectivity index (χ1v) is 8.09. The Morgan fingerprint density at radius 1 is 1.13 bits per heavy atom. The predicted octanol–water partition coefficient (Wildman–Crippen LogP) is 2.48. The van der Waals surface area contributed by atoms with Crippen LogP contribution in [0.3, 0.4) is 0 Å². The molecule has 120 valence electrons. The minimum Gasteiger partial charge on any atom is -0.370 e. The summed E-state index contributed by atoms with van der Waals surface area (Å²) in [4.78, 5) is 16.4. The van der Waals surface area contributed by atoms with Gasteiger partial charge in [-0.1, -0.05) is 36.4 Å². The molecule has 0 fully saturated rings. The van der Waals surface area contributed by atoms with E-state index in [9.17, 15) is 4.79 Å². The lowest BCUT2D eigenvalue weighted by atomic mass is 10.1. The van der Waals surface area contributed by atoms with Crippen molar-refractivity contribution in [3.05, 3.63) is 59.3 Å². The summed E-state index contributed by atoms with van der Waals surface area (Å²) in [5, 5.41) is 9.05. The van der Waals surface area contributed by atoms with Crippen molar-refractivity contribution in [3.63, 3.8) is 0 Å². The topological polar surface area (TPSA) is 66.0 Å². The molecule has 3 rings (SSSR count). The summed E-state index contributed by atoms with van der Waals surface area (Å²) in [6.07, 6.45) is 2.99. The number of carbonyl (C=O) groups excluding carboxylic acids is 1. The molecule has 0 radical (unpaired) electrons. The Hall–Kier alpha value is -2.56. The van der Waals surface area contributed by atoms with Crippen molar-refractivity contribution >= 4 is 11.8 Å². The number of fused-ring (bicyclic) bond motifs is 1. The molecular formula is C18H22N4O. The van der Waals surface area contributed by atoms with E-state index in [1.165, 1.54) is 5.56 Å². The fraction of sp³-hybridized carbons (Fsp3) is 0.333. The van der Waals surface area contributed by atoms with Crippen molar-refractivity contribution in [1.29, 1.82) is 0 Å². The molecule has 0 aliphatic carbocycles. The van der Waals surface area contributed by atoms with Gasteiger partial charge >= 0.3 is 6.03 Å². The van der Waals surface area contributed by atoms with Gasteiger partial charge in [-0.2, -0.15) is 0 Å². The number of aromatic nitrogens is 1. The summed E-state index contributed by atoms with van der Waals surface area (Å²) >= 11 is 0. The molecule has 0 atom stereocenters. The average molecular weight is 310 g/mol. The van der Waals surface area contributed by atoms with Gasteiger partial charge in [0, 0.05) is 31.7 Å². The highest BCUT2D eigenvalue weighted by Gasteiger charge is 2.10. The molecule has 2 amide bonds. The second kappa shape index (κ2) is 7.63. The van der Waals surface area contributed by atoms with Crippen LogP contribution < -0.4 is 16.0 Å². The standard InChI is InChI=1S/C18H22N4O/c23-18(21-13-14-5-2-1-3-6-14)20-12-10-16-9-8-15-7-4-11-19-17(15)22-16/h1-3,5-6,8-9H,4,7,10-13H2,(H,19,22)(H2,20,21,23). The highest BCUT2D eigenvalue weighted by molar-refractivity contribution is 5.73. The first-order valence-electron chi connectivity index (χ1n) is 8.09. The fourth-order valence-corrected chi connectivity index (χ4v) is 2.65. The smallest absolute Gasteiger partial charge is 0.315 e. The van der Waals surface area contributed by atoms with E-state index < -0.39 is 0 Å². The number of anilines is 1. The summed E-state index contributed by atoms with van der Waals surface area (Å²) < 4.78 is 0. The molecule has 5 heteroatoms. The highest BCUT2D eigenvalue weighted by Crippen LogP contribution is 2.19. The van der Waals surface area contributed by atoms with E-state index in [1.54, 1.807) is 0 Å². The molecule has 23 heavy (non-hydrogen) atoms. The Bertz CT molecular complexity index is 657. The number of rotatable bonds is 5. The van der Waals surface area contributed by atoms with E-state index in [-0.39, 0.29) is 6.03 Å². The molecule has 0 bridgehead atoms. The lowest BCUT2D eigenvalue weighted by Crippen LogP contribution is -2.36. The van der Waals surface area contributed by atoms with Crippen molar-refractivity contribution < 1.29 is 4.79 Å². The maximum Gasteiger partial charge on any atom is 0.315 e. The third-order valence-electron chi connectivity index (χ3n) is 3.91. The SMILES string of the molecule is O=C(NCCc1ccc2c(n1)NCCC2)NCc1ccccc1. The van der Waals surface area contributed by atoms with Crippen molar-refractivity contribution in [3.8, 4) is 0 Å². The first-order chi connectivity index (χ1) is 11.3. The van der Waals surface area contributed by atoms with E-state index in [2.05, 4.69) is 33.1 Å². The molecule has 5 nitrogen and oxygen atoms in total. The Morgan fingerprint density at radius 3 is 2.87 bits per heavy atom. The van der Waals surface area contributed by atoms with E-state index in [0.29, 0.717) is 13.1 Å². The summed E-state index contributed by atoms with van der Waals surface area (Å²) in [7, 11) is 0. The average Bonchev–Trinajstić information content (AvgIpc) is 2.61. The van der Waals surface area contributed by atoms with Gasteiger partial charge in [0.1, 0.15) is 5.82 Å². The van der Waals surface area contributed by atoms with Crippen LogP contribution in [0.25, 0.3) is 0 Å². The Morgan fingerprint density at radius 2 is 2.00 bits per heavy atom. The lowest BCUT2D eigenvalue weighted by Gasteiger charge is -2.17. The van der Waals surface area contributed by atoms with Gasteiger partial charge in [-0.05, 0) is 30.0 Å². The number of aryl methyl sites for hydroxylation is 1. The molecule has 1 aromatic heterocycles. The zero-order valence-corrected chi connectivity index (χ0v) is 13.1. The van der Waals surface area contributed by atoms with Crippen molar-refractivity contribution in [2.24, 2.45) is 0 Å². The van der Waals surface area contributed by atoms with Crippen molar-refractivity contribution in [2.45, 2.75) is 25.8 Å². The summed E-state index contributed by atoms with van der Waals surface area (Å²) in [5.74, 6) is 1.00. The number of nitrogens with one attached hydrogen (secondary N) is 3. The van der Waals surface area contributed by atoms with Gasteiger partial charge in [-0.25, -0.2) is 9.78 Å². The number of hydrogen-bond donors (Lipinski definition) is 3. The molecule has 0 spiro atoms. The van der Waals surface area contributed by atoms with Crippen LogP contribution in [-0.2, 0) is 19.4 Å². The quantitative estimate of drug-likeness (QED) is 0.795. The van der Waals surface area contributed by atoms with Crippen molar-refractivity contribution in [1.82, 2.24) is 15.6 Å². The van der Waals surface area contributed by atoms with Gasteiger partial charge < -0.3 is 16.0 Å². The third-order valence-corrected chi connectivity index (χ3v) is 3.91. The van der Waals surface area contributed by atoms with Gasteiger partial charge in [-0.3, -0.25) is 0 Å². The van der Waals surface area contributed by atoms with Crippen LogP contribution in [0.2, 0.25) is 0 Å². The van der Waals surface area contributed by atoms with Gasteiger partial charge in [0.25, 0.3) is 0 Å². The number of amides is 2. The normalized spacial score (nSPS) is 12.9. The number of benzene rings is 1. The van der Waals surface area contributed by atoms with Gasteiger partial charge in [-0.15, -0.1) is 0 Å². The van der Waals surface area contributed by atoms with Crippen molar-refractivity contribution in [2.75, 3.05) is 18.4 Å². The molecular weight excluding hydrogens is 288 g/mol. The molecule has 0 saturated heterocycles. The van der Waals surface area contributed by atoms with Crippen LogP contribution in [0.1, 0.15) is 23.2 Å². The van der Waals surface area contributed by atoms with E-state index in [0.717, 1.165) is 42.9 Å². The van der Waals surface area contributed by atoms with Crippen LogP contribution in [0.4, 0.5) is 10.6 Å². The molecule has 1 aliphatic heterocycles. The predicted molar refractivity (Wildman–Crippen MR) is 91.4 cm³/mol. The van der Waals surface area contributed by atoms with E-state index in [1.807, 2.05) is 30.3 Å². The highest BCUT2D eigenvalue weighted by atomic mass is 16.2. The van der Waals surface area contributed by atoms with Gasteiger partial charge in [0.2, 0.25) is 0 Å². The van der Waals surface area contributed by atoms with Gasteiger partial charge in [0.05, 0.1) is 0 Å². The van der Waals surface area contributed by atoms with Crippen LogP contribution in [0, 0.1) is 0 Å². The molecule has 1 aliphatic rings. The number of urea groups is 1. The monoisotopic (exact) mass is 310 g/mol.